The van der Waals surface area contributed by atoms with Gasteiger partial charge in [0.2, 0.25) is 10.0 Å². The number of hydrogen-bond acceptors (Lipinski definition) is 5. The summed E-state index contributed by atoms with van der Waals surface area (Å²) in [4.78, 5) is 16.6. The molecule has 0 spiro atoms. The maximum atomic E-state index is 12.6. The summed E-state index contributed by atoms with van der Waals surface area (Å²) in [7, 11) is -3.60. The number of nitrogens with zero attached hydrogens (tertiary/aromatic N) is 2. The Labute approximate surface area is 148 Å². The van der Waals surface area contributed by atoms with Crippen LogP contribution in [0.25, 0.3) is 0 Å². The molecule has 1 aromatic rings. The quantitative estimate of drug-likeness (QED) is 0.793. The van der Waals surface area contributed by atoms with Gasteiger partial charge in [0.1, 0.15) is 0 Å². The van der Waals surface area contributed by atoms with Gasteiger partial charge in [-0.1, -0.05) is 25.6 Å². The molecule has 1 amide bonds. The summed E-state index contributed by atoms with van der Waals surface area (Å²) in [5.41, 5.74) is 0.272. The molecule has 0 atom stereocenters. The first kappa shape index (κ1) is 18.4. The van der Waals surface area contributed by atoms with E-state index in [-0.39, 0.29) is 16.4 Å². The number of thioether (sulfide) groups is 1. The monoisotopic (exact) mass is 419 g/mol. The largest absolute Gasteiger partial charge is 0.301 e. The molecule has 1 aliphatic rings. The van der Waals surface area contributed by atoms with E-state index in [2.05, 4.69) is 26.2 Å². The van der Waals surface area contributed by atoms with Crippen molar-refractivity contribution in [2.45, 2.75) is 18.7 Å². The summed E-state index contributed by atoms with van der Waals surface area (Å²) < 4.78 is 27.0. The van der Waals surface area contributed by atoms with Gasteiger partial charge < -0.3 is 5.32 Å². The van der Waals surface area contributed by atoms with Crippen molar-refractivity contribution in [2.24, 2.45) is 4.99 Å². The average Bonchev–Trinajstić information content (AvgIpc) is 3.01. The fraction of sp³-hybridized carbons (Fsp3) is 0.429. The predicted molar refractivity (Wildman–Crippen MR) is 96.5 cm³/mol. The van der Waals surface area contributed by atoms with E-state index in [0.717, 1.165) is 5.75 Å². The van der Waals surface area contributed by atoms with Crippen LogP contribution < -0.4 is 5.32 Å². The molecule has 23 heavy (non-hydrogen) atoms. The van der Waals surface area contributed by atoms with Gasteiger partial charge in [0.15, 0.2) is 5.17 Å². The van der Waals surface area contributed by atoms with E-state index in [1.807, 2.05) is 0 Å². The first-order valence-corrected chi connectivity index (χ1v) is 10.4. The fourth-order valence-electron chi connectivity index (χ4n) is 2.13. The van der Waals surface area contributed by atoms with Crippen LogP contribution in [0.3, 0.4) is 0 Å². The topological polar surface area (TPSA) is 78.8 Å². The van der Waals surface area contributed by atoms with Crippen molar-refractivity contribution in [3.05, 3.63) is 28.2 Å². The highest BCUT2D eigenvalue weighted by atomic mass is 79.9. The molecule has 0 saturated heterocycles. The van der Waals surface area contributed by atoms with Crippen LogP contribution in [-0.4, -0.2) is 49.2 Å². The summed E-state index contributed by atoms with van der Waals surface area (Å²) >= 11 is 4.77. The highest BCUT2D eigenvalue weighted by Gasteiger charge is 2.24. The molecule has 0 aliphatic carbocycles. The molecule has 1 aromatic carbocycles. The minimum atomic E-state index is -3.60. The Morgan fingerprint density at radius 3 is 2.65 bits per heavy atom. The number of nitrogens with one attached hydrogen (secondary N) is 1. The minimum absolute atomic E-state index is 0.107. The standard InChI is InChI=1S/C14H18BrN3O3S2/c1-3-18(4-2)23(20,21)10-5-6-12(15)11(9-10)13(19)17-14-16-7-8-22-14/h5-6,9H,3-4,7-8H2,1-2H3,(H,16,17,19). The molecule has 1 heterocycles. The summed E-state index contributed by atoms with van der Waals surface area (Å²) in [6.45, 7) is 5.00. The van der Waals surface area contributed by atoms with Crippen LogP contribution in [-0.2, 0) is 10.0 Å². The maximum absolute atomic E-state index is 12.6. The van der Waals surface area contributed by atoms with Gasteiger partial charge in [-0.2, -0.15) is 4.31 Å². The van der Waals surface area contributed by atoms with Crippen LogP contribution in [0.4, 0.5) is 0 Å². The van der Waals surface area contributed by atoms with Gasteiger partial charge >= 0.3 is 0 Å². The molecule has 0 fully saturated rings. The zero-order valence-corrected chi connectivity index (χ0v) is 16.1. The SMILES string of the molecule is CCN(CC)S(=O)(=O)c1ccc(Br)c(C(=O)NC2=NCCS2)c1. The van der Waals surface area contributed by atoms with E-state index in [9.17, 15) is 13.2 Å². The van der Waals surface area contributed by atoms with E-state index in [4.69, 9.17) is 0 Å². The Morgan fingerprint density at radius 1 is 1.39 bits per heavy atom. The van der Waals surface area contributed by atoms with Gasteiger partial charge in [-0.15, -0.1) is 0 Å². The Bertz CT molecular complexity index is 731. The smallest absolute Gasteiger partial charge is 0.258 e. The van der Waals surface area contributed by atoms with E-state index >= 15 is 0 Å². The number of hydrogen-bond donors (Lipinski definition) is 1. The molecule has 2 rings (SSSR count). The van der Waals surface area contributed by atoms with Crippen molar-refractivity contribution in [1.29, 1.82) is 0 Å². The number of carbonyl (C=O) groups excluding carboxylic acids is 1. The lowest BCUT2D eigenvalue weighted by Gasteiger charge is -2.19. The fourth-order valence-corrected chi connectivity index (χ4v) is 4.76. The zero-order valence-electron chi connectivity index (χ0n) is 12.9. The lowest BCUT2D eigenvalue weighted by atomic mass is 10.2. The minimum Gasteiger partial charge on any atom is -0.301 e. The number of rotatable bonds is 5. The van der Waals surface area contributed by atoms with Gasteiger partial charge in [-0.05, 0) is 34.1 Å². The van der Waals surface area contributed by atoms with Crippen LogP contribution in [0.2, 0.25) is 0 Å². The second-order valence-electron chi connectivity index (χ2n) is 4.72. The normalized spacial score (nSPS) is 14.9. The lowest BCUT2D eigenvalue weighted by molar-refractivity contribution is 0.0977. The van der Waals surface area contributed by atoms with Crippen molar-refractivity contribution in [3.63, 3.8) is 0 Å². The average molecular weight is 420 g/mol. The first-order chi connectivity index (χ1) is 10.9. The van der Waals surface area contributed by atoms with Crippen molar-refractivity contribution in [3.8, 4) is 0 Å². The molecule has 0 saturated carbocycles. The second-order valence-corrected chi connectivity index (χ2v) is 8.60. The maximum Gasteiger partial charge on any atom is 0.258 e. The summed E-state index contributed by atoms with van der Waals surface area (Å²) in [5.74, 6) is 0.467. The number of benzene rings is 1. The number of carbonyl (C=O) groups is 1. The predicted octanol–water partition coefficient (Wildman–Crippen LogP) is 2.31. The van der Waals surface area contributed by atoms with Crippen molar-refractivity contribution in [2.75, 3.05) is 25.4 Å². The van der Waals surface area contributed by atoms with Crippen LogP contribution >= 0.6 is 27.7 Å². The molecule has 1 aliphatic heterocycles. The molecule has 9 heteroatoms. The second kappa shape index (κ2) is 7.78. The Hall–Kier alpha value is -0.900. The van der Waals surface area contributed by atoms with E-state index < -0.39 is 10.0 Å². The highest BCUT2D eigenvalue weighted by Crippen LogP contribution is 2.24. The number of sulfonamides is 1. The molecular weight excluding hydrogens is 402 g/mol. The summed E-state index contributed by atoms with van der Waals surface area (Å²) in [6.07, 6.45) is 0. The lowest BCUT2D eigenvalue weighted by Crippen LogP contribution is -2.31. The Morgan fingerprint density at radius 2 is 2.09 bits per heavy atom. The Kier molecular flexibility index (Phi) is 6.24. The zero-order chi connectivity index (χ0) is 17.0. The first-order valence-electron chi connectivity index (χ1n) is 7.18. The summed E-state index contributed by atoms with van der Waals surface area (Å²) in [5, 5.41) is 3.28. The highest BCUT2D eigenvalue weighted by molar-refractivity contribution is 9.10. The molecule has 0 bridgehead atoms. The molecule has 0 radical (unpaired) electrons. The van der Waals surface area contributed by atoms with Crippen molar-refractivity contribution >= 4 is 48.8 Å². The molecule has 126 valence electrons. The van der Waals surface area contributed by atoms with Crippen LogP contribution in [0.5, 0.6) is 0 Å². The van der Waals surface area contributed by atoms with Gasteiger partial charge in [0.25, 0.3) is 5.91 Å². The van der Waals surface area contributed by atoms with Crippen LogP contribution in [0.1, 0.15) is 24.2 Å². The third-order valence-corrected chi connectivity index (χ3v) is 6.96. The number of halogens is 1. The van der Waals surface area contributed by atoms with Gasteiger partial charge in [-0.25, -0.2) is 8.42 Å². The van der Waals surface area contributed by atoms with E-state index in [0.29, 0.717) is 29.3 Å². The molecule has 6 nitrogen and oxygen atoms in total. The third kappa shape index (κ3) is 4.14. The van der Waals surface area contributed by atoms with Gasteiger partial charge in [0, 0.05) is 23.3 Å². The molecule has 1 N–H and O–H groups in total. The van der Waals surface area contributed by atoms with E-state index in [1.165, 1.54) is 28.2 Å². The number of amides is 1. The molecular formula is C14H18BrN3O3S2. The van der Waals surface area contributed by atoms with Crippen LogP contribution in [0, 0.1) is 0 Å². The Balaban J connectivity index is 2.33. The van der Waals surface area contributed by atoms with Gasteiger partial charge in [0.05, 0.1) is 17.0 Å². The molecule has 0 unspecified atom stereocenters. The molecule has 0 aromatic heterocycles. The van der Waals surface area contributed by atoms with Gasteiger partial charge in [-0.3, -0.25) is 9.79 Å². The summed E-state index contributed by atoms with van der Waals surface area (Å²) in [6, 6.07) is 4.47. The van der Waals surface area contributed by atoms with Crippen molar-refractivity contribution in [1.82, 2.24) is 9.62 Å². The number of aliphatic imine (C=N–C) groups is 1. The van der Waals surface area contributed by atoms with E-state index in [1.54, 1.807) is 19.9 Å². The number of amidine groups is 1. The van der Waals surface area contributed by atoms with Crippen LogP contribution in [0.15, 0.2) is 32.6 Å². The van der Waals surface area contributed by atoms with Crippen molar-refractivity contribution < 1.29 is 13.2 Å². The third-order valence-electron chi connectivity index (χ3n) is 3.33.